The quantitative estimate of drug-likeness (QED) is 0.678. The van der Waals surface area contributed by atoms with Gasteiger partial charge in [0.1, 0.15) is 12.6 Å². The highest BCUT2D eigenvalue weighted by Crippen LogP contribution is 2.13. The molecular formula is C18H26N3O3+. The lowest BCUT2D eigenvalue weighted by molar-refractivity contribution is -0.695. The van der Waals surface area contributed by atoms with Crippen LogP contribution >= 0.6 is 0 Å². The summed E-state index contributed by atoms with van der Waals surface area (Å²) in [5.41, 5.74) is 2.50. The van der Waals surface area contributed by atoms with Gasteiger partial charge in [-0.05, 0) is 25.3 Å². The van der Waals surface area contributed by atoms with E-state index in [2.05, 4.69) is 22.8 Å². The van der Waals surface area contributed by atoms with Gasteiger partial charge in [0.15, 0.2) is 6.04 Å². The number of benzene rings is 1. The van der Waals surface area contributed by atoms with Crippen LogP contribution in [-0.2, 0) is 27.3 Å². The lowest BCUT2D eigenvalue weighted by atomic mass is 9.95. The van der Waals surface area contributed by atoms with Gasteiger partial charge >= 0.3 is 0 Å². The van der Waals surface area contributed by atoms with E-state index in [1.54, 1.807) is 6.92 Å². The van der Waals surface area contributed by atoms with Gasteiger partial charge in [0, 0.05) is 25.1 Å². The van der Waals surface area contributed by atoms with Crippen molar-refractivity contribution in [2.75, 3.05) is 13.2 Å². The first-order valence-electron chi connectivity index (χ1n) is 8.73. The zero-order valence-electron chi connectivity index (χ0n) is 14.1. The van der Waals surface area contributed by atoms with Gasteiger partial charge in [-0.15, -0.1) is 0 Å². The SMILES string of the molecule is C[C@@H](NC(=O)[C@@H]1Cc2ccccc2C[NH2+]1)C(=O)NC[C@H]1CCCO1. The molecule has 1 saturated heterocycles. The maximum Gasteiger partial charge on any atom is 0.279 e. The smallest absolute Gasteiger partial charge is 0.279 e. The second-order valence-electron chi connectivity index (χ2n) is 6.63. The molecule has 1 aromatic rings. The van der Waals surface area contributed by atoms with Crippen molar-refractivity contribution >= 4 is 11.8 Å². The van der Waals surface area contributed by atoms with Crippen LogP contribution < -0.4 is 16.0 Å². The number of ether oxygens (including phenoxy) is 1. The first kappa shape index (κ1) is 16.9. The maximum atomic E-state index is 12.4. The zero-order valence-corrected chi connectivity index (χ0v) is 14.1. The monoisotopic (exact) mass is 332 g/mol. The van der Waals surface area contributed by atoms with Crippen LogP contribution in [-0.4, -0.2) is 43.2 Å². The minimum absolute atomic E-state index is 0.0794. The number of nitrogens with two attached hydrogens (primary N) is 1. The fraction of sp³-hybridized carbons (Fsp3) is 0.556. The summed E-state index contributed by atoms with van der Waals surface area (Å²) in [7, 11) is 0. The van der Waals surface area contributed by atoms with Gasteiger partial charge in [0.25, 0.3) is 5.91 Å². The first-order chi connectivity index (χ1) is 11.6. The van der Waals surface area contributed by atoms with Crippen molar-refractivity contribution in [1.82, 2.24) is 10.6 Å². The van der Waals surface area contributed by atoms with Crippen molar-refractivity contribution in [2.45, 2.75) is 50.9 Å². The van der Waals surface area contributed by atoms with Gasteiger partial charge in [0.2, 0.25) is 5.91 Å². The van der Waals surface area contributed by atoms with Crippen LogP contribution in [0.2, 0.25) is 0 Å². The average Bonchev–Trinajstić information content (AvgIpc) is 3.12. The minimum atomic E-state index is -0.538. The number of hydrogen-bond acceptors (Lipinski definition) is 3. The molecule has 2 aliphatic heterocycles. The summed E-state index contributed by atoms with van der Waals surface area (Å²) < 4.78 is 5.49. The van der Waals surface area contributed by atoms with E-state index < -0.39 is 6.04 Å². The largest absolute Gasteiger partial charge is 0.376 e. The summed E-state index contributed by atoms with van der Waals surface area (Å²) in [4.78, 5) is 24.6. The van der Waals surface area contributed by atoms with Gasteiger partial charge in [-0.1, -0.05) is 24.3 Å². The van der Waals surface area contributed by atoms with Crippen LogP contribution in [0.1, 0.15) is 30.9 Å². The highest BCUT2D eigenvalue weighted by molar-refractivity contribution is 5.89. The third-order valence-electron chi connectivity index (χ3n) is 4.80. The van der Waals surface area contributed by atoms with Crippen molar-refractivity contribution < 1.29 is 19.6 Å². The summed E-state index contributed by atoms with van der Waals surface area (Å²) in [6, 6.07) is 7.48. The number of carbonyl (C=O) groups excluding carboxylic acids is 2. The Kier molecular flexibility index (Phi) is 5.48. The molecule has 0 radical (unpaired) electrons. The molecule has 0 bridgehead atoms. The molecule has 4 N–H and O–H groups in total. The molecule has 130 valence electrons. The van der Waals surface area contributed by atoms with Crippen molar-refractivity contribution in [3.63, 3.8) is 0 Å². The number of fused-ring (bicyclic) bond motifs is 1. The Balaban J connectivity index is 1.46. The fourth-order valence-corrected chi connectivity index (χ4v) is 3.30. The lowest BCUT2D eigenvalue weighted by Crippen LogP contribution is -2.93. The highest BCUT2D eigenvalue weighted by Gasteiger charge is 2.29. The third kappa shape index (κ3) is 4.13. The van der Waals surface area contributed by atoms with Crippen LogP contribution in [0, 0.1) is 0 Å². The van der Waals surface area contributed by atoms with Crippen molar-refractivity contribution in [3.05, 3.63) is 35.4 Å². The molecule has 1 aromatic carbocycles. The van der Waals surface area contributed by atoms with E-state index in [1.807, 2.05) is 17.4 Å². The Bertz CT molecular complexity index is 599. The van der Waals surface area contributed by atoms with Crippen LogP contribution in [0.4, 0.5) is 0 Å². The van der Waals surface area contributed by atoms with E-state index in [0.717, 1.165) is 26.0 Å². The molecule has 3 atom stereocenters. The molecule has 0 spiro atoms. The molecule has 6 heteroatoms. The maximum absolute atomic E-state index is 12.4. The van der Waals surface area contributed by atoms with E-state index in [9.17, 15) is 9.59 Å². The number of amides is 2. The van der Waals surface area contributed by atoms with E-state index in [-0.39, 0.29) is 24.0 Å². The molecule has 0 aliphatic carbocycles. The predicted octanol–water partition coefficient (Wildman–Crippen LogP) is -0.525. The predicted molar refractivity (Wildman–Crippen MR) is 89.2 cm³/mol. The van der Waals surface area contributed by atoms with Gasteiger partial charge in [-0.3, -0.25) is 9.59 Å². The number of carbonyl (C=O) groups is 2. The Labute approximate surface area is 142 Å². The summed E-state index contributed by atoms with van der Waals surface area (Å²) in [5, 5.41) is 7.73. The molecule has 0 unspecified atom stereocenters. The van der Waals surface area contributed by atoms with E-state index >= 15 is 0 Å². The van der Waals surface area contributed by atoms with Crippen molar-refractivity contribution in [2.24, 2.45) is 0 Å². The number of quaternary nitrogens is 1. The highest BCUT2D eigenvalue weighted by atomic mass is 16.5. The van der Waals surface area contributed by atoms with Gasteiger partial charge in [-0.2, -0.15) is 0 Å². The molecule has 1 fully saturated rings. The molecule has 2 aliphatic rings. The Morgan fingerprint density at radius 2 is 2.12 bits per heavy atom. The summed E-state index contributed by atoms with van der Waals surface area (Å²) in [6.07, 6.45) is 2.84. The molecule has 0 aromatic heterocycles. The van der Waals surface area contributed by atoms with Gasteiger partial charge < -0.3 is 20.7 Å². The van der Waals surface area contributed by atoms with Crippen LogP contribution in [0.25, 0.3) is 0 Å². The van der Waals surface area contributed by atoms with E-state index in [0.29, 0.717) is 13.0 Å². The van der Waals surface area contributed by atoms with Crippen molar-refractivity contribution in [3.8, 4) is 0 Å². The number of rotatable bonds is 5. The summed E-state index contributed by atoms with van der Waals surface area (Å²) >= 11 is 0. The molecule has 2 heterocycles. The molecule has 6 nitrogen and oxygen atoms in total. The molecule has 24 heavy (non-hydrogen) atoms. The zero-order chi connectivity index (χ0) is 16.9. The number of hydrogen-bond donors (Lipinski definition) is 3. The first-order valence-corrected chi connectivity index (χ1v) is 8.73. The Hall–Kier alpha value is -1.92. The van der Waals surface area contributed by atoms with Crippen LogP contribution in [0.3, 0.4) is 0 Å². The third-order valence-corrected chi connectivity index (χ3v) is 4.80. The Morgan fingerprint density at radius 1 is 1.33 bits per heavy atom. The average molecular weight is 332 g/mol. The molecule has 2 amide bonds. The lowest BCUT2D eigenvalue weighted by Gasteiger charge is -2.24. The molecule has 3 rings (SSSR count). The van der Waals surface area contributed by atoms with Gasteiger partial charge in [0.05, 0.1) is 6.10 Å². The fourth-order valence-electron chi connectivity index (χ4n) is 3.30. The summed E-state index contributed by atoms with van der Waals surface area (Å²) in [6.45, 7) is 3.81. The minimum Gasteiger partial charge on any atom is -0.376 e. The second kappa shape index (κ2) is 7.77. The van der Waals surface area contributed by atoms with Crippen LogP contribution in [0.15, 0.2) is 24.3 Å². The van der Waals surface area contributed by atoms with Crippen molar-refractivity contribution in [1.29, 1.82) is 0 Å². The topological polar surface area (TPSA) is 84.0 Å². The molecule has 0 saturated carbocycles. The molecular weight excluding hydrogens is 306 g/mol. The normalized spacial score (nSPS) is 24.0. The van der Waals surface area contributed by atoms with Gasteiger partial charge in [-0.25, -0.2) is 0 Å². The second-order valence-corrected chi connectivity index (χ2v) is 6.63. The Morgan fingerprint density at radius 3 is 2.88 bits per heavy atom. The number of nitrogens with one attached hydrogen (secondary N) is 2. The summed E-state index contributed by atoms with van der Waals surface area (Å²) in [5.74, 6) is -0.237. The van der Waals surface area contributed by atoms with E-state index in [1.165, 1.54) is 11.1 Å². The van der Waals surface area contributed by atoms with E-state index in [4.69, 9.17) is 4.74 Å². The standard InChI is InChI=1S/C18H25N3O3/c1-12(17(22)20-11-15-7-4-8-24-15)21-18(23)16-9-13-5-2-3-6-14(13)10-19-16/h2-3,5-6,12,15-16,19H,4,7-11H2,1H3,(H,20,22)(H,21,23)/p+1/t12-,15-,16+/m1/s1. The van der Waals surface area contributed by atoms with Crippen LogP contribution in [0.5, 0.6) is 0 Å².